The zero-order valence-corrected chi connectivity index (χ0v) is 18.0. The fourth-order valence-electron chi connectivity index (χ4n) is 2.51. The molecule has 3 aromatic rings. The molecule has 0 aliphatic carbocycles. The van der Waals surface area contributed by atoms with Crippen LogP contribution in [0.2, 0.25) is 19.6 Å². The number of fused-ring (bicyclic) bond motifs is 1. The Labute approximate surface area is 166 Å². The van der Waals surface area contributed by atoms with Crippen LogP contribution in [0.1, 0.15) is 5.69 Å². The summed E-state index contributed by atoms with van der Waals surface area (Å²) >= 11 is 0. The molecule has 0 unspecified atom stereocenters. The number of aromatic nitrogens is 2. The van der Waals surface area contributed by atoms with Crippen molar-refractivity contribution >= 4 is 34.7 Å². The summed E-state index contributed by atoms with van der Waals surface area (Å²) in [7, 11) is -4.04. The van der Waals surface area contributed by atoms with Crippen molar-refractivity contribution in [1.82, 2.24) is 9.97 Å². The highest BCUT2D eigenvalue weighted by atomic mass is 32.2. The van der Waals surface area contributed by atoms with Crippen molar-refractivity contribution in [2.45, 2.75) is 24.5 Å². The summed E-state index contributed by atoms with van der Waals surface area (Å²) in [5.41, 5.74) is 3.63. The van der Waals surface area contributed by atoms with Gasteiger partial charge in [0, 0.05) is 5.39 Å². The maximum absolute atomic E-state index is 13.0. The van der Waals surface area contributed by atoms with Crippen LogP contribution in [0.3, 0.4) is 0 Å². The summed E-state index contributed by atoms with van der Waals surface area (Å²) in [6.45, 7) is 6.37. The molecule has 8 heteroatoms. The molecule has 0 saturated heterocycles. The predicted octanol–water partition coefficient (Wildman–Crippen LogP) is 3.67. The summed E-state index contributed by atoms with van der Waals surface area (Å²) in [6.07, 6.45) is 1.44. The second-order valence-electron chi connectivity index (χ2n) is 7.20. The Morgan fingerprint density at radius 3 is 2.50 bits per heavy atom. The molecule has 0 bridgehead atoms. The van der Waals surface area contributed by atoms with Crippen molar-refractivity contribution in [2.75, 3.05) is 11.8 Å². The van der Waals surface area contributed by atoms with Crippen LogP contribution < -0.4 is 9.46 Å². The second kappa shape index (κ2) is 7.62. The Balaban J connectivity index is 1.99. The minimum absolute atomic E-state index is 0.0222. The lowest BCUT2D eigenvalue weighted by atomic mass is 10.1. The molecule has 0 radical (unpaired) electrons. The monoisotopic (exact) mass is 411 g/mol. The summed E-state index contributed by atoms with van der Waals surface area (Å²) in [5, 5.41) is 1.46. The molecule has 0 aliphatic rings. The molecule has 0 spiro atoms. The number of sulfonamides is 1. The quantitative estimate of drug-likeness (QED) is 0.523. The van der Waals surface area contributed by atoms with Crippen molar-refractivity contribution < 1.29 is 13.2 Å². The number of anilines is 1. The Morgan fingerprint density at radius 2 is 1.79 bits per heavy atom. The number of nitrogens with zero attached hydrogens (tertiary/aromatic N) is 2. The van der Waals surface area contributed by atoms with Crippen LogP contribution in [-0.4, -0.2) is 33.6 Å². The van der Waals surface area contributed by atoms with Crippen LogP contribution >= 0.6 is 0 Å². The lowest BCUT2D eigenvalue weighted by Crippen LogP contribution is -2.17. The van der Waals surface area contributed by atoms with Crippen LogP contribution in [0.5, 0.6) is 5.88 Å². The molecule has 1 heterocycles. The first-order valence-corrected chi connectivity index (χ1v) is 13.6. The lowest BCUT2D eigenvalue weighted by molar-refractivity contribution is 0.398. The number of ether oxygens (including phenoxy) is 1. The van der Waals surface area contributed by atoms with Crippen LogP contribution in [0.4, 0.5) is 5.82 Å². The maximum atomic E-state index is 13.0. The van der Waals surface area contributed by atoms with Crippen LogP contribution in [0.25, 0.3) is 10.8 Å². The number of nitrogens with one attached hydrogen (secondary N) is 1. The van der Waals surface area contributed by atoms with E-state index in [1.807, 2.05) is 18.2 Å². The second-order valence-corrected chi connectivity index (χ2v) is 13.6. The summed E-state index contributed by atoms with van der Waals surface area (Å²) in [6, 6.07) is 12.4. The zero-order chi connectivity index (χ0) is 20.4. The molecule has 1 N–H and O–H groups in total. The van der Waals surface area contributed by atoms with Gasteiger partial charge in [0.25, 0.3) is 15.9 Å². The third-order valence-corrected chi connectivity index (χ3v) is 6.04. The molecule has 0 fully saturated rings. The van der Waals surface area contributed by atoms with E-state index >= 15 is 0 Å². The minimum Gasteiger partial charge on any atom is -0.478 e. The molecular formula is C20H21N3O3SSi. The fourth-order valence-corrected chi connectivity index (χ4v) is 4.25. The molecule has 144 valence electrons. The first-order chi connectivity index (χ1) is 13.2. The normalized spacial score (nSPS) is 11.6. The van der Waals surface area contributed by atoms with Gasteiger partial charge >= 0.3 is 0 Å². The van der Waals surface area contributed by atoms with E-state index in [-0.39, 0.29) is 16.6 Å². The Hall–Kier alpha value is -2.89. The summed E-state index contributed by atoms with van der Waals surface area (Å²) in [4.78, 5) is 8.61. The van der Waals surface area contributed by atoms with Gasteiger partial charge in [-0.05, 0) is 11.5 Å². The standard InChI is InChI=1S/C20H21N3O3SSi/c1-26-20-19(21-14-16(22-20)12-13-28(2,3)4)23-27(24,25)18-11-7-9-15-8-5-6-10-17(15)18/h5-11,14H,1-4H3,(H,21,23). The topological polar surface area (TPSA) is 81.2 Å². The first kappa shape index (κ1) is 19.9. The molecule has 6 nitrogen and oxygen atoms in total. The molecule has 3 rings (SSSR count). The fraction of sp³-hybridized carbons (Fsp3) is 0.200. The van der Waals surface area contributed by atoms with E-state index in [1.165, 1.54) is 13.3 Å². The van der Waals surface area contributed by atoms with Gasteiger partial charge in [-0.1, -0.05) is 62.0 Å². The van der Waals surface area contributed by atoms with E-state index in [0.29, 0.717) is 11.1 Å². The number of benzene rings is 2. The Kier molecular flexibility index (Phi) is 5.40. The van der Waals surface area contributed by atoms with E-state index in [2.05, 4.69) is 45.8 Å². The van der Waals surface area contributed by atoms with Gasteiger partial charge in [0.05, 0.1) is 18.2 Å². The van der Waals surface area contributed by atoms with Crippen molar-refractivity contribution in [3.05, 3.63) is 54.4 Å². The van der Waals surface area contributed by atoms with Gasteiger partial charge in [-0.15, -0.1) is 5.54 Å². The van der Waals surface area contributed by atoms with Gasteiger partial charge in [0.1, 0.15) is 13.8 Å². The van der Waals surface area contributed by atoms with Crippen LogP contribution in [0.15, 0.2) is 53.6 Å². The average Bonchev–Trinajstić information content (AvgIpc) is 2.65. The lowest BCUT2D eigenvalue weighted by Gasteiger charge is -2.12. The number of hydrogen-bond donors (Lipinski definition) is 1. The van der Waals surface area contributed by atoms with Crippen molar-refractivity contribution in [3.63, 3.8) is 0 Å². The Morgan fingerprint density at radius 1 is 1.07 bits per heavy atom. The first-order valence-electron chi connectivity index (χ1n) is 8.64. The van der Waals surface area contributed by atoms with Gasteiger partial charge in [0.2, 0.25) is 5.82 Å². The Bertz CT molecular complexity index is 1190. The number of rotatable bonds is 4. The molecule has 0 saturated carbocycles. The van der Waals surface area contributed by atoms with Gasteiger partial charge < -0.3 is 4.74 Å². The highest BCUT2D eigenvalue weighted by Crippen LogP contribution is 2.27. The van der Waals surface area contributed by atoms with E-state index in [9.17, 15) is 8.42 Å². The van der Waals surface area contributed by atoms with Crippen molar-refractivity contribution in [3.8, 4) is 17.3 Å². The summed E-state index contributed by atoms with van der Waals surface area (Å²) in [5.74, 6) is 3.08. The van der Waals surface area contributed by atoms with Gasteiger partial charge in [0.15, 0.2) is 0 Å². The summed E-state index contributed by atoms with van der Waals surface area (Å²) < 4.78 is 33.6. The largest absolute Gasteiger partial charge is 0.478 e. The molecular weight excluding hydrogens is 390 g/mol. The SMILES string of the molecule is COc1nc(C#C[Si](C)(C)C)cnc1NS(=O)(=O)c1cccc2ccccc12. The van der Waals surface area contributed by atoms with E-state index < -0.39 is 18.1 Å². The smallest absolute Gasteiger partial charge is 0.263 e. The molecule has 2 aromatic carbocycles. The van der Waals surface area contributed by atoms with E-state index in [0.717, 1.165) is 5.39 Å². The minimum atomic E-state index is -3.88. The highest BCUT2D eigenvalue weighted by molar-refractivity contribution is 7.93. The van der Waals surface area contributed by atoms with Gasteiger partial charge in [-0.2, -0.15) is 4.98 Å². The molecule has 0 aliphatic heterocycles. The molecule has 28 heavy (non-hydrogen) atoms. The van der Waals surface area contributed by atoms with Crippen LogP contribution in [-0.2, 0) is 10.0 Å². The van der Waals surface area contributed by atoms with Crippen molar-refractivity contribution in [2.24, 2.45) is 0 Å². The van der Waals surface area contributed by atoms with E-state index in [1.54, 1.807) is 24.3 Å². The molecule has 1 aromatic heterocycles. The van der Waals surface area contributed by atoms with Crippen molar-refractivity contribution in [1.29, 1.82) is 0 Å². The molecule has 0 atom stereocenters. The zero-order valence-electron chi connectivity index (χ0n) is 16.1. The predicted molar refractivity (Wildman–Crippen MR) is 114 cm³/mol. The van der Waals surface area contributed by atoms with Gasteiger partial charge in [-0.25, -0.2) is 13.4 Å². The van der Waals surface area contributed by atoms with E-state index in [4.69, 9.17) is 4.74 Å². The third kappa shape index (κ3) is 4.50. The van der Waals surface area contributed by atoms with Crippen LogP contribution in [0, 0.1) is 11.5 Å². The average molecular weight is 412 g/mol. The number of methoxy groups -OCH3 is 1. The molecule has 0 amide bonds. The maximum Gasteiger partial charge on any atom is 0.263 e. The van der Waals surface area contributed by atoms with Gasteiger partial charge in [-0.3, -0.25) is 4.72 Å². The third-order valence-electron chi connectivity index (χ3n) is 3.77. The number of hydrogen-bond acceptors (Lipinski definition) is 5. The highest BCUT2D eigenvalue weighted by Gasteiger charge is 2.21.